The van der Waals surface area contributed by atoms with Gasteiger partial charge in [0.25, 0.3) is 0 Å². The van der Waals surface area contributed by atoms with Gasteiger partial charge in [0.05, 0.1) is 5.69 Å². The Morgan fingerprint density at radius 2 is 1.90 bits per heavy atom. The monoisotopic (exact) mass is 392 g/mol. The highest BCUT2D eigenvalue weighted by atomic mass is 127. The summed E-state index contributed by atoms with van der Waals surface area (Å²) in [5.41, 5.74) is 4.48. The Balaban J connectivity index is 1.82. The summed E-state index contributed by atoms with van der Waals surface area (Å²) in [4.78, 5) is 4.64. The van der Waals surface area contributed by atoms with Crippen LogP contribution in [0, 0.1) is 10.5 Å². The first kappa shape index (κ1) is 13.6. The number of halogens is 1. The van der Waals surface area contributed by atoms with Gasteiger partial charge < -0.3 is 5.32 Å². The molecule has 0 saturated heterocycles. The summed E-state index contributed by atoms with van der Waals surface area (Å²) in [5.74, 6) is 0. The number of rotatable bonds is 3. The molecule has 1 aromatic heterocycles. The summed E-state index contributed by atoms with van der Waals surface area (Å²) in [6, 6.07) is 16.7. The smallest absolute Gasteiger partial charge is 0.187 e. The van der Waals surface area contributed by atoms with Gasteiger partial charge in [-0.2, -0.15) is 0 Å². The molecule has 0 unspecified atom stereocenters. The third-order valence-corrected chi connectivity index (χ3v) is 4.39. The van der Waals surface area contributed by atoms with Crippen LogP contribution in [-0.4, -0.2) is 4.98 Å². The molecule has 0 aliphatic carbocycles. The third kappa shape index (κ3) is 3.19. The molecule has 1 N–H and O–H groups in total. The van der Waals surface area contributed by atoms with Crippen molar-refractivity contribution in [2.45, 2.75) is 6.92 Å². The molecule has 3 aromatic rings. The summed E-state index contributed by atoms with van der Waals surface area (Å²) in [6.45, 7) is 2.09. The molecule has 2 nitrogen and oxygen atoms in total. The lowest BCUT2D eigenvalue weighted by atomic mass is 10.2. The summed E-state index contributed by atoms with van der Waals surface area (Å²) in [6.07, 6.45) is 0. The van der Waals surface area contributed by atoms with Crippen LogP contribution in [0.1, 0.15) is 5.56 Å². The number of nitrogens with one attached hydrogen (secondary N) is 1. The molecule has 0 radical (unpaired) electrons. The number of anilines is 2. The van der Waals surface area contributed by atoms with Gasteiger partial charge in [-0.1, -0.05) is 24.3 Å². The molecule has 0 bridgehead atoms. The van der Waals surface area contributed by atoms with E-state index in [4.69, 9.17) is 0 Å². The SMILES string of the molecule is Cc1cccc(Nc2nc(-c3ccc(I)cc3)cs2)c1. The molecule has 0 aliphatic heterocycles. The van der Waals surface area contributed by atoms with E-state index in [1.54, 1.807) is 11.3 Å². The van der Waals surface area contributed by atoms with Crippen LogP contribution in [0.25, 0.3) is 11.3 Å². The average molecular weight is 392 g/mol. The molecule has 0 fully saturated rings. The molecule has 0 atom stereocenters. The Bertz CT molecular complexity index is 719. The van der Waals surface area contributed by atoms with Crippen molar-refractivity contribution in [3.05, 3.63) is 63.0 Å². The van der Waals surface area contributed by atoms with E-state index in [1.807, 2.05) is 6.07 Å². The highest BCUT2D eigenvalue weighted by Gasteiger charge is 2.04. The number of hydrogen-bond acceptors (Lipinski definition) is 3. The van der Waals surface area contributed by atoms with Crippen molar-refractivity contribution in [1.82, 2.24) is 4.98 Å². The van der Waals surface area contributed by atoms with E-state index in [0.29, 0.717) is 0 Å². The minimum atomic E-state index is 0.921. The Labute approximate surface area is 136 Å². The molecule has 0 amide bonds. The van der Waals surface area contributed by atoms with Crippen molar-refractivity contribution in [3.8, 4) is 11.3 Å². The second kappa shape index (κ2) is 5.93. The number of aryl methyl sites for hydroxylation is 1. The van der Waals surface area contributed by atoms with Crippen LogP contribution < -0.4 is 5.32 Å². The van der Waals surface area contributed by atoms with Gasteiger partial charge in [0.1, 0.15) is 0 Å². The minimum absolute atomic E-state index is 0.921. The molecule has 0 aliphatic rings. The maximum absolute atomic E-state index is 4.64. The lowest BCUT2D eigenvalue weighted by Gasteiger charge is -2.03. The summed E-state index contributed by atoms with van der Waals surface area (Å²) >= 11 is 3.93. The van der Waals surface area contributed by atoms with Gasteiger partial charge in [0.2, 0.25) is 0 Å². The standard InChI is InChI=1S/C16H13IN2S/c1-11-3-2-4-14(9-11)18-16-19-15(10-20-16)12-5-7-13(17)8-6-12/h2-10H,1H3,(H,18,19). The van der Waals surface area contributed by atoms with Crippen molar-refractivity contribution < 1.29 is 0 Å². The van der Waals surface area contributed by atoms with Gasteiger partial charge in [-0.05, 0) is 59.3 Å². The van der Waals surface area contributed by atoms with Gasteiger partial charge in [-0.15, -0.1) is 11.3 Å². The fourth-order valence-electron chi connectivity index (χ4n) is 1.93. The fourth-order valence-corrected chi connectivity index (χ4v) is 3.03. The van der Waals surface area contributed by atoms with E-state index >= 15 is 0 Å². The Morgan fingerprint density at radius 3 is 2.65 bits per heavy atom. The van der Waals surface area contributed by atoms with E-state index in [0.717, 1.165) is 22.1 Å². The molecule has 0 spiro atoms. The molecule has 100 valence electrons. The van der Waals surface area contributed by atoms with Gasteiger partial charge in [-0.25, -0.2) is 4.98 Å². The lowest BCUT2D eigenvalue weighted by molar-refractivity contribution is 1.37. The fraction of sp³-hybridized carbons (Fsp3) is 0.0625. The van der Waals surface area contributed by atoms with Crippen LogP contribution in [0.15, 0.2) is 53.9 Å². The van der Waals surface area contributed by atoms with Crippen LogP contribution >= 0.6 is 33.9 Å². The number of hydrogen-bond donors (Lipinski definition) is 1. The second-order valence-electron chi connectivity index (χ2n) is 4.54. The highest BCUT2D eigenvalue weighted by molar-refractivity contribution is 14.1. The van der Waals surface area contributed by atoms with Gasteiger partial charge in [0, 0.05) is 20.2 Å². The summed E-state index contributed by atoms with van der Waals surface area (Å²) in [5, 5.41) is 6.36. The van der Waals surface area contributed by atoms with E-state index in [1.165, 1.54) is 9.13 Å². The summed E-state index contributed by atoms with van der Waals surface area (Å²) < 4.78 is 1.24. The molecule has 0 saturated carbocycles. The van der Waals surface area contributed by atoms with Crippen LogP contribution in [0.5, 0.6) is 0 Å². The van der Waals surface area contributed by atoms with Gasteiger partial charge >= 0.3 is 0 Å². The highest BCUT2D eigenvalue weighted by Crippen LogP contribution is 2.27. The van der Waals surface area contributed by atoms with Gasteiger partial charge in [-0.3, -0.25) is 0 Å². The van der Waals surface area contributed by atoms with Crippen molar-refractivity contribution in [1.29, 1.82) is 0 Å². The molecule has 20 heavy (non-hydrogen) atoms. The lowest BCUT2D eigenvalue weighted by Crippen LogP contribution is -1.89. The summed E-state index contributed by atoms with van der Waals surface area (Å²) in [7, 11) is 0. The maximum Gasteiger partial charge on any atom is 0.187 e. The normalized spacial score (nSPS) is 10.5. The van der Waals surface area contributed by atoms with Crippen molar-refractivity contribution >= 4 is 44.7 Å². The zero-order valence-corrected chi connectivity index (χ0v) is 13.9. The van der Waals surface area contributed by atoms with Crippen LogP contribution in [0.3, 0.4) is 0 Å². The predicted octanol–water partition coefficient (Wildman–Crippen LogP) is 5.47. The zero-order valence-electron chi connectivity index (χ0n) is 10.9. The predicted molar refractivity (Wildman–Crippen MR) is 94.7 cm³/mol. The van der Waals surface area contributed by atoms with E-state index < -0.39 is 0 Å². The Kier molecular flexibility index (Phi) is 4.03. The van der Waals surface area contributed by atoms with Crippen LogP contribution in [-0.2, 0) is 0 Å². The van der Waals surface area contributed by atoms with Crippen LogP contribution in [0.2, 0.25) is 0 Å². The van der Waals surface area contributed by atoms with E-state index in [2.05, 4.69) is 87.7 Å². The molecule has 3 rings (SSSR count). The van der Waals surface area contributed by atoms with E-state index in [9.17, 15) is 0 Å². The quantitative estimate of drug-likeness (QED) is 0.599. The van der Waals surface area contributed by atoms with Crippen LogP contribution in [0.4, 0.5) is 10.8 Å². The first-order chi connectivity index (χ1) is 9.70. The molecular formula is C16H13IN2S. The molecule has 2 aromatic carbocycles. The topological polar surface area (TPSA) is 24.9 Å². The largest absolute Gasteiger partial charge is 0.332 e. The molecule has 1 heterocycles. The van der Waals surface area contributed by atoms with Crippen molar-refractivity contribution in [2.75, 3.05) is 5.32 Å². The second-order valence-corrected chi connectivity index (χ2v) is 6.64. The molecule has 4 heteroatoms. The van der Waals surface area contributed by atoms with Crippen molar-refractivity contribution in [3.63, 3.8) is 0 Å². The van der Waals surface area contributed by atoms with Gasteiger partial charge in [0.15, 0.2) is 5.13 Å². The number of benzene rings is 2. The Hall–Kier alpha value is -1.40. The first-order valence-corrected chi connectivity index (χ1v) is 8.22. The minimum Gasteiger partial charge on any atom is -0.332 e. The van der Waals surface area contributed by atoms with E-state index in [-0.39, 0.29) is 0 Å². The zero-order chi connectivity index (χ0) is 13.9. The average Bonchev–Trinajstić information content (AvgIpc) is 2.88. The Morgan fingerprint density at radius 1 is 1.10 bits per heavy atom. The number of nitrogens with zero attached hydrogens (tertiary/aromatic N) is 1. The third-order valence-electron chi connectivity index (χ3n) is 2.91. The number of aromatic nitrogens is 1. The first-order valence-electron chi connectivity index (χ1n) is 6.26. The maximum atomic E-state index is 4.64. The number of thiazole rings is 1. The van der Waals surface area contributed by atoms with Crippen molar-refractivity contribution in [2.24, 2.45) is 0 Å². The molecular weight excluding hydrogens is 379 g/mol.